The van der Waals surface area contributed by atoms with Crippen molar-refractivity contribution in [1.82, 2.24) is 4.90 Å². The zero-order chi connectivity index (χ0) is 17.8. The van der Waals surface area contributed by atoms with E-state index in [2.05, 4.69) is 0 Å². The highest BCUT2D eigenvalue weighted by atomic mass is 19.1. The number of nitrogens with two attached hydrogens (primary N) is 1. The van der Waals surface area contributed by atoms with Crippen LogP contribution in [0.2, 0.25) is 0 Å². The van der Waals surface area contributed by atoms with Crippen LogP contribution in [0.4, 0.5) is 4.39 Å². The van der Waals surface area contributed by atoms with Crippen molar-refractivity contribution in [3.05, 3.63) is 71.5 Å². The first-order valence-corrected chi connectivity index (χ1v) is 8.41. The fourth-order valence-electron chi connectivity index (χ4n) is 3.10. The molecule has 1 aliphatic rings. The third-order valence-electron chi connectivity index (χ3n) is 4.56. The van der Waals surface area contributed by atoms with Crippen molar-refractivity contribution in [2.75, 3.05) is 6.54 Å². The Balaban J connectivity index is 1.68. The van der Waals surface area contributed by atoms with Crippen LogP contribution in [0.15, 0.2) is 54.6 Å². The lowest BCUT2D eigenvalue weighted by Gasteiger charge is -2.22. The maximum atomic E-state index is 13.1. The summed E-state index contributed by atoms with van der Waals surface area (Å²) in [5.74, 6) is -0.655. The molecule has 2 atom stereocenters. The fourth-order valence-corrected chi connectivity index (χ4v) is 3.10. The van der Waals surface area contributed by atoms with Gasteiger partial charge in [-0.05, 0) is 35.6 Å². The Morgan fingerprint density at radius 1 is 1.08 bits per heavy atom. The first-order chi connectivity index (χ1) is 12.0. The molecule has 1 aliphatic carbocycles. The van der Waals surface area contributed by atoms with E-state index in [-0.39, 0.29) is 30.0 Å². The molecule has 0 saturated heterocycles. The van der Waals surface area contributed by atoms with E-state index in [0.717, 1.165) is 17.5 Å². The Hall–Kier alpha value is -2.69. The maximum absolute atomic E-state index is 13.1. The van der Waals surface area contributed by atoms with E-state index in [1.54, 1.807) is 17.0 Å². The summed E-state index contributed by atoms with van der Waals surface area (Å²) in [4.78, 5) is 25.7. The number of benzene rings is 2. The molecule has 1 saturated carbocycles. The van der Waals surface area contributed by atoms with E-state index in [4.69, 9.17) is 5.73 Å². The largest absolute Gasteiger partial charge is 0.370 e. The number of rotatable bonds is 7. The summed E-state index contributed by atoms with van der Waals surface area (Å²) in [5.41, 5.74) is 7.24. The number of hydrogen-bond donors (Lipinski definition) is 1. The van der Waals surface area contributed by atoms with Gasteiger partial charge in [-0.25, -0.2) is 4.39 Å². The van der Waals surface area contributed by atoms with Crippen LogP contribution in [0.1, 0.15) is 29.9 Å². The van der Waals surface area contributed by atoms with Gasteiger partial charge in [-0.2, -0.15) is 0 Å². The molecule has 2 aromatic rings. The predicted molar refractivity (Wildman–Crippen MR) is 92.9 cm³/mol. The summed E-state index contributed by atoms with van der Waals surface area (Å²) in [6.07, 6.45) is 0.902. The number of hydrogen-bond acceptors (Lipinski definition) is 2. The van der Waals surface area contributed by atoms with Gasteiger partial charge in [0.05, 0.1) is 0 Å². The van der Waals surface area contributed by atoms with Gasteiger partial charge in [0.2, 0.25) is 11.8 Å². The zero-order valence-electron chi connectivity index (χ0n) is 13.9. The van der Waals surface area contributed by atoms with Gasteiger partial charge in [-0.15, -0.1) is 0 Å². The molecule has 5 heteroatoms. The molecule has 0 aromatic heterocycles. The normalized spacial score (nSPS) is 18.6. The Kier molecular flexibility index (Phi) is 5.12. The molecule has 0 spiro atoms. The molecular formula is C20H21FN2O2. The van der Waals surface area contributed by atoms with Crippen molar-refractivity contribution >= 4 is 11.8 Å². The lowest BCUT2D eigenvalue weighted by atomic mass is 10.1. The number of primary amides is 1. The molecular weight excluding hydrogens is 319 g/mol. The molecule has 1 fully saturated rings. The lowest BCUT2D eigenvalue weighted by Crippen LogP contribution is -2.35. The Morgan fingerprint density at radius 2 is 1.76 bits per heavy atom. The van der Waals surface area contributed by atoms with Crippen molar-refractivity contribution in [2.45, 2.75) is 25.3 Å². The lowest BCUT2D eigenvalue weighted by molar-refractivity contribution is -0.133. The van der Waals surface area contributed by atoms with Crippen LogP contribution in [0, 0.1) is 11.7 Å². The molecule has 3 rings (SSSR count). The molecule has 0 radical (unpaired) electrons. The number of nitrogens with zero attached hydrogens (tertiary/aromatic N) is 1. The summed E-state index contributed by atoms with van der Waals surface area (Å²) in [5, 5.41) is 0. The number of carbonyl (C=O) groups is 2. The quantitative estimate of drug-likeness (QED) is 0.842. The van der Waals surface area contributed by atoms with E-state index in [9.17, 15) is 14.0 Å². The smallest absolute Gasteiger partial charge is 0.226 e. The zero-order valence-corrected chi connectivity index (χ0v) is 13.9. The Bertz CT molecular complexity index is 746. The van der Waals surface area contributed by atoms with E-state index in [1.807, 2.05) is 30.3 Å². The van der Waals surface area contributed by atoms with Crippen molar-refractivity contribution in [3.63, 3.8) is 0 Å². The minimum atomic E-state index is -0.420. The van der Waals surface area contributed by atoms with E-state index >= 15 is 0 Å². The second kappa shape index (κ2) is 7.47. The Morgan fingerprint density at radius 3 is 2.40 bits per heavy atom. The topological polar surface area (TPSA) is 63.4 Å². The van der Waals surface area contributed by atoms with Gasteiger partial charge in [0, 0.05) is 25.4 Å². The second-order valence-corrected chi connectivity index (χ2v) is 6.46. The van der Waals surface area contributed by atoms with Gasteiger partial charge >= 0.3 is 0 Å². The van der Waals surface area contributed by atoms with Crippen LogP contribution >= 0.6 is 0 Å². The second-order valence-electron chi connectivity index (χ2n) is 6.46. The molecule has 0 unspecified atom stereocenters. The Labute approximate surface area is 146 Å². The summed E-state index contributed by atoms with van der Waals surface area (Å²) < 4.78 is 13.1. The fraction of sp³-hybridized carbons (Fsp3) is 0.300. The number of amides is 2. The molecule has 4 nitrogen and oxygen atoms in total. The molecule has 0 heterocycles. The summed E-state index contributed by atoms with van der Waals surface area (Å²) in [6, 6.07) is 16.0. The highest BCUT2D eigenvalue weighted by Crippen LogP contribution is 2.48. The van der Waals surface area contributed by atoms with Gasteiger partial charge < -0.3 is 10.6 Å². The maximum Gasteiger partial charge on any atom is 0.226 e. The van der Waals surface area contributed by atoms with Gasteiger partial charge in [0.1, 0.15) is 5.82 Å². The van der Waals surface area contributed by atoms with Crippen LogP contribution < -0.4 is 5.73 Å². The molecule has 2 amide bonds. The van der Waals surface area contributed by atoms with Gasteiger partial charge in [-0.1, -0.05) is 42.5 Å². The highest BCUT2D eigenvalue weighted by Gasteiger charge is 2.45. The third-order valence-corrected chi connectivity index (χ3v) is 4.56. The summed E-state index contributed by atoms with van der Waals surface area (Å²) in [7, 11) is 0. The molecule has 25 heavy (non-hydrogen) atoms. The first-order valence-electron chi connectivity index (χ1n) is 8.41. The van der Waals surface area contributed by atoms with E-state index in [1.165, 1.54) is 12.1 Å². The monoisotopic (exact) mass is 340 g/mol. The van der Waals surface area contributed by atoms with Gasteiger partial charge in [0.15, 0.2) is 0 Å². The van der Waals surface area contributed by atoms with E-state index in [0.29, 0.717) is 13.1 Å². The van der Waals surface area contributed by atoms with Crippen LogP contribution in [-0.2, 0) is 16.1 Å². The van der Waals surface area contributed by atoms with Gasteiger partial charge in [0.25, 0.3) is 0 Å². The molecule has 0 aliphatic heterocycles. The van der Waals surface area contributed by atoms with Crippen molar-refractivity contribution in [1.29, 1.82) is 0 Å². The van der Waals surface area contributed by atoms with Crippen molar-refractivity contribution < 1.29 is 14.0 Å². The van der Waals surface area contributed by atoms with Crippen LogP contribution in [0.3, 0.4) is 0 Å². The van der Waals surface area contributed by atoms with Crippen molar-refractivity contribution in [3.8, 4) is 0 Å². The molecule has 2 aromatic carbocycles. The van der Waals surface area contributed by atoms with Crippen LogP contribution in [-0.4, -0.2) is 23.3 Å². The third kappa shape index (κ3) is 4.44. The molecule has 130 valence electrons. The number of halogens is 1. The number of carbonyl (C=O) groups excluding carboxylic acids is 2. The highest BCUT2D eigenvalue weighted by molar-refractivity contribution is 5.83. The van der Waals surface area contributed by atoms with Gasteiger partial charge in [-0.3, -0.25) is 9.59 Å². The minimum absolute atomic E-state index is 0.0272. The SMILES string of the molecule is NC(=O)CCN(Cc1ccccc1)C(=O)[C@H]1C[C@H]1c1ccc(F)cc1. The minimum Gasteiger partial charge on any atom is -0.370 e. The summed E-state index contributed by atoms with van der Waals surface area (Å²) >= 11 is 0. The average Bonchev–Trinajstić information content (AvgIpc) is 3.40. The molecule has 0 bridgehead atoms. The standard InChI is InChI=1S/C20H21FN2O2/c21-16-8-6-15(7-9-16)17-12-18(17)20(25)23(11-10-19(22)24)13-14-4-2-1-3-5-14/h1-9,17-18H,10-13H2,(H2,22,24)/t17-,18-/m0/s1. The van der Waals surface area contributed by atoms with E-state index < -0.39 is 5.91 Å². The van der Waals surface area contributed by atoms with Crippen LogP contribution in [0.25, 0.3) is 0 Å². The summed E-state index contributed by atoms with van der Waals surface area (Å²) in [6.45, 7) is 0.773. The molecule has 2 N–H and O–H groups in total. The first kappa shape index (κ1) is 17.1. The van der Waals surface area contributed by atoms with Crippen molar-refractivity contribution in [2.24, 2.45) is 11.7 Å². The predicted octanol–water partition coefficient (Wildman–Crippen LogP) is 2.83. The van der Waals surface area contributed by atoms with Crippen LogP contribution in [0.5, 0.6) is 0 Å². The average molecular weight is 340 g/mol.